The van der Waals surface area contributed by atoms with Crippen LogP contribution in [0.4, 0.5) is 0 Å². The van der Waals surface area contributed by atoms with E-state index in [2.05, 4.69) is 30.4 Å². The number of pyridine rings is 1. The third kappa shape index (κ3) is 2.80. The van der Waals surface area contributed by atoms with Crippen LogP contribution in [0.5, 0.6) is 0 Å². The Morgan fingerprint density at radius 3 is 2.36 bits per heavy atom. The van der Waals surface area contributed by atoms with Crippen LogP contribution in [0, 0.1) is 0 Å². The van der Waals surface area contributed by atoms with Gasteiger partial charge in [-0.3, -0.25) is 9.98 Å². The average Bonchev–Trinajstić information content (AvgIpc) is 2.26. The first-order chi connectivity index (χ1) is 6.77. The highest BCUT2D eigenvalue weighted by Gasteiger charge is 1.97. The summed E-state index contributed by atoms with van der Waals surface area (Å²) in [7, 11) is 0. The molecule has 0 fully saturated rings. The van der Waals surface area contributed by atoms with Crippen LogP contribution in [0.1, 0.15) is 32.3 Å². The van der Waals surface area contributed by atoms with E-state index in [4.69, 9.17) is 0 Å². The Morgan fingerprint density at radius 1 is 1.29 bits per heavy atom. The molecule has 0 aliphatic rings. The first-order valence-corrected chi connectivity index (χ1v) is 4.93. The van der Waals surface area contributed by atoms with Gasteiger partial charge in [-0.25, -0.2) is 0 Å². The molecular weight excluding hydrogens is 172 g/mol. The maximum atomic E-state index is 4.48. The summed E-state index contributed by atoms with van der Waals surface area (Å²) in [5, 5.41) is 0. The van der Waals surface area contributed by atoms with Gasteiger partial charge < -0.3 is 0 Å². The molecule has 0 radical (unpaired) electrons. The Morgan fingerprint density at radius 2 is 1.86 bits per heavy atom. The number of hydrogen-bond donors (Lipinski definition) is 0. The summed E-state index contributed by atoms with van der Waals surface area (Å²) < 4.78 is 0. The molecule has 0 saturated carbocycles. The predicted octanol–water partition coefficient (Wildman–Crippen LogP) is 3.31. The van der Waals surface area contributed by atoms with Crippen molar-refractivity contribution in [3.8, 4) is 0 Å². The number of nitrogens with zero attached hydrogens (tertiary/aromatic N) is 2. The van der Waals surface area contributed by atoms with E-state index in [0.717, 1.165) is 24.1 Å². The van der Waals surface area contributed by atoms with E-state index in [9.17, 15) is 0 Å². The highest BCUT2D eigenvalue weighted by Crippen LogP contribution is 2.13. The highest BCUT2D eigenvalue weighted by atomic mass is 14.8. The number of aliphatic imine (C=N–C) groups is 1. The van der Waals surface area contributed by atoms with E-state index in [0.29, 0.717) is 0 Å². The fourth-order valence-electron chi connectivity index (χ4n) is 1.21. The maximum absolute atomic E-state index is 4.48. The van der Waals surface area contributed by atoms with E-state index >= 15 is 0 Å². The highest BCUT2D eigenvalue weighted by molar-refractivity contribution is 5.89. The summed E-state index contributed by atoms with van der Waals surface area (Å²) in [4.78, 5) is 8.44. The molecule has 0 atom stereocenters. The first-order valence-electron chi connectivity index (χ1n) is 4.93. The molecule has 0 aromatic carbocycles. The van der Waals surface area contributed by atoms with Gasteiger partial charge in [-0.15, -0.1) is 0 Å². The van der Waals surface area contributed by atoms with Gasteiger partial charge in [0.25, 0.3) is 0 Å². The predicted molar refractivity (Wildman–Crippen MR) is 61.3 cm³/mol. The van der Waals surface area contributed by atoms with Gasteiger partial charge in [0, 0.05) is 23.7 Å². The Kier molecular flexibility index (Phi) is 4.05. The Labute approximate surface area is 85.4 Å². The normalized spacial score (nSPS) is 9.57. The Bertz CT molecular complexity index is 319. The third-order valence-corrected chi connectivity index (χ3v) is 2.12. The minimum Gasteiger partial charge on any atom is -0.265 e. The summed E-state index contributed by atoms with van der Waals surface area (Å²) >= 11 is 0. The molecule has 0 aliphatic heterocycles. The topological polar surface area (TPSA) is 25.2 Å². The van der Waals surface area contributed by atoms with Crippen LogP contribution >= 0.6 is 0 Å². The fraction of sp³-hybridized carbons (Fsp3) is 0.333. The lowest BCUT2D eigenvalue weighted by atomic mass is 10.2. The summed E-state index contributed by atoms with van der Waals surface area (Å²) in [6.45, 7) is 8.17. The van der Waals surface area contributed by atoms with E-state index in [-0.39, 0.29) is 0 Å². The molecule has 74 valence electrons. The maximum Gasteiger partial charge on any atom is 0.0630 e. The number of hydrogen-bond acceptors (Lipinski definition) is 2. The van der Waals surface area contributed by atoms with Crippen LogP contribution in [0.3, 0.4) is 0 Å². The minimum atomic E-state index is 0.825. The van der Waals surface area contributed by atoms with Gasteiger partial charge in [0.05, 0.1) is 5.70 Å². The fourth-order valence-corrected chi connectivity index (χ4v) is 1.21. The van der Waals surface area contributed by atoms with Crippen LogP contribution in [0.2, 0.25) is 0 Å². The van der Waals surface area contributed by atoms with Gasteiger partial charge in [0.15, 0.2) is 0 Å². The molecule has 0 spiro atoms. The molecule has 1 aromatic heterocycles. The Hall–Kier alpha value is -1.44. The van der Waals surface area contributed by atoms with Crippen LogP contribution in [-0.2, 0) is 0 Å². The molecular formula is C12H16N2. The van der Waals surface area contributed by atoms with Crippen LogP contribution < -0.4 is 0 Å². The van der Waals surface area contributed by atoms with Crippen molar-refractivity contribution in [3.05, 3.63) is 36.7 Å². The van der Waals surface area contributed by atoms with Crippen molar-refractivity contribution < 1.29 is 0 Å². The Balaban J connectivity index is 2.82. The van der Waals surface area contributed by atoms with Crippen LogP contribution in [0.25, 0.3) is 5.70 Å². The molecule has 0 amide bonds. The summed E-state index contributed by atoms with van der Waals surface area (Å²) in [5.41, 5.74) is 3.05. The van der Waals surface area contributed by atoms with Crippen LogP contribution in [-0.4, -0.2) is 10.7 Å². The van der Waals surface area contributed by atoms with Gasteiger partial charge in [0.1, 0.15) is 0 Å². The zero-order chi connectivity index (χ0) is 10.4. The van der Waals surface area contributed by atoms with Gasteiger partial charge >= 0.3 is 0 Å². The van der Waals surface area contributed by atoms with Crippen molar-refractivity contribution in [3.63, 3.8) is 0 Å². The van der Waals surface area contributed by atoms with Gasteiger partial charge in [-0.2, -0.15) is 0 Å². The SMILES string of the molecule is C=C(N=C(CC)CC)c1ccncc1. The molecule has 2 heteroatoms. The molecule has 0 aliphatic carbocycles. The van der Waals surface area contributed by atoms with Crippen molar-refractivity contribution in [1.82, 2.24) is 4.98 Å². The standard InChI is InChI=1S/C12H16N2/c1-4-12(5-2)14-10(3)11-6-8-13-9-7-11/h6-9H,3-5H2,1-2H3. The van der Waals surface area contributed by atoms with Crippen molar-refractivity contribution >= 4 is 11.4 Å². The molecule has 1 rings (SSSR count). The van der Waals surface area contributed by atoms with Crippen molar-refractivity contribution in [2.75, 3.05) is 0 Å². The summed E-state index contributed by atoms with van der Waals surface area (Å²) in [6, 6.07) is 3.85. The molecule has 1 heterocycles. The van der Waals surface area contributed by atoms with Gasteiger partial charge in [-0.1, -0.05) is 20.4 Å². The van der Waals surface area contributed by atoms with E-state index in [1.165, 1.54) is 5.71 Å². The quantitative estimate of drug-likeness (QED) is 0.665. The molecule has 1 aromatic rings. The van der Waals surface area contributed by atoms with Crippen molar-refractivity contribution in [1.29, 1.82) is 0 Å². The second-order valence-corrected chi connectivity index (χ2v) is 3.07. The second kappa shape index (κ2) is 5.32. The zero-order valence-corrected chi connectivity index (χ0v) is 8.83. The van der Waals surface area contributed by atoms with E-state index in [1.807, 2.05) is 12.1 Å². The minimum absolute atomic E-state index is 0.825. The molecule has 2 nitrogen and oxygen atoms in total. The third-order valence-electron chi connectivity index (χ3n) is 2.12. The largest absolute Gasteiger partial charge is 0.265 e. The molecule has 14 heavy (non-hydrogen) atoms. The number of rotatable bonds is 4. The van der Waals surface area contributed by atoms with Crippen molar-refractivity contribution in [2.24, 2.45) is 4.99 Å². The van der Waals surface area contributed by atoms with Crippen LogP contribution in [0.15, 0.2) is 36.1 Å². The second-order valence-electron chi connectivity index (χ2n) is 3.07. The first kappa shape index (κ1) is 10.6. The van der Waals surface area contributed by atoms with Crippen molar-refractivity contribution in [2.45, 2.75) is 26.7 Å². The molecule has 0 N–H and O–H groups in total. The van der Waals surface area contributed by atoms with E-state index < -0.39 is 0 Å². The lowest BCUT2D eigenvalue weighted by Gasteiger charge is -2.02. The lowest BCUT2D eigenvalue weighted by molar-refractivity contribution is 1.15. The molecule has 0 saturated heterocycles. The average molecular weight is 188 g/mol. The smallest absolute Gasteiger partial charge is 0.0630 e. The van der Waals surface area contributed by atoms with Gasteiger partial charge in [0.2, 0.25) is 0 Å². The zero-order valence-electron chi connectivity index (χ0n) is 8.83. The molecule has 0 unspecified atom stereocenters. The van der Waals surface area contributed by atoms with Gasteiger partial charge in [-0.05, 0) is 25.0 Å². The molecule has 0 bridgehead atoms. The number of aromatic nitrogens is 1. The summed E-state index contributed by atoms with van der Waals surface area (Å²) in [6.07, 6.45) is 5.49. The monoisotopic (exact) mass is 188 g/mol. The summed E-state index contributed by atoms with van der Waals surface area (Å²) in [5.74, 6) is 0. The van der Waals surface area contributed by atoms with E-state index in [1.54, 1.807) is 12.4 Å². The lowest BCUT2D eigenvalue weighted by Crippen LogP contribution is -1.93.